The molecule has 0 aliphatic carbocycles. The van der Waals surface area contributed by atoms with Crippen molar-refractivity contribution < 1.29 is 14.3 Å². The molecular weight excluding hydrogens is 602 g/mol. The zero-order valence-corrected chi connectivity index (χ0v) is 26.3. The normalized spacial score (nSPS) is 13.7. The lowest BCUT2D eigenvalue weighted by Gasteiger charge is -2.40. The molecule has 5 rings (SSSR count). The summed E-state index contributed by atoms with van der Waals surface area (Å²) in [5.41, 5.74) is 3.94. The molecule has 2 amide bonds. The van der Waals surface area contributed by atoms with Gasteiger partial charge < -0.3 is 15.0 Å². The van der Waals surface area contributed by atoms with E-state index in [1.807, 2.05) is 29.2 Å². The predicted molar refractivity (Wildman–Crippen MR) is 176 cm³/mol. The van der Waals surface area contributed by atoms with Crippen LogP contribution in [-0.4, -0.2) is 54.4 Å². The predicted octanol–water partition coefficient (Wildman–Crippen LogP) is 7.67. The Bertz CT molecular complexity index is 1480. The first-order valence-electron chi connectivity index (χ1n) is 14.9. The lowest BCUT2D eigenvalue weighted by atomic mass is 9.96. The highest BCUT2D eigenvalue weighted by atomic mass is 79.9. The van der Waals surface area contributed by atoms with E-state index in [1.165, 1.54) is 11.1 Å². The zero-order valence-electron chi connectivity index (χ0n) is 24.7. The van der Waals surface area contributed by atoms with Crippen molar-refractivity contribution in [2.24, 2.45) is 5.92 Å². The Kier molecular flexibility index (Phi) is 10.3. The smallest absolute Gasteiger partial charge is 0.256 e. The summed E-state index contributed by atoms with van der Waals surface area (Å²) in [6.45, 7) is 7.61. The summed E-state index contributed by atoms with van der Waals surface area (Å²) < 4.78 is 6.58. The third-order valence-corrected chi connectivity index (χ3v) is 8.37. The van der Waals surface area contributed by atoms with Gasteiger partial charge in [0.25, 0.3) is 11.8 Å². The average Bonchev–Trinajstić information content (AvgIpc) is 3.03. The Hall–Kier alpha value is -3.94. The van der Waals surface area contributed by atoms with E-state index in [9.17, 15) is 9.59 Å². The standard InChI is InChI=1S/C36H38BrN3O3/c1-26(2)19-24-43-33-18-17-29(25-31(33)37)35(41)38-32-16-10-9-15-30(32)36(42)40-22-20-39(21-23-40)34(27-11-5-3-6-12-27)28-13-7-4-8-14-28/h3-18,25-26,34H,19-24H2,1-2H3,(H,38,41). The van der Waals surface area contributed by atoms with Crippen LogP contribution in [0.3, 0.4) is 0 Å². The summed E-state index contributed by atoms with van der Waals surface area (Å²) in [4.78, 5) is 31.3. The minimum atomic E-state index is -0.284. The summed E-state index contributed by atoms with van der Waals surface area (Å²) in [6, 6.07) is 33.7. The van der Waals surface area contributed by atoms with Gasteiger partial charge >= 0.3 is 0 Å². The molecule has 6 nitrogen and oxygen atoms in total. The maximum absolute atomic E-state index is 13.7. The molecule has 7 heteroatoms. The molecule has 0 bridgehead atoms. The van der Waals surface area contributed by atoms with Crippen LogP contribution in [0.15, 0.2) is 108 Å². The molecule has 43 heavy (non-hydrogen) atoms. The maximum atomic E-state index is 13.7. The Labute approximate surface area is 262 Å². The minimum absolute atomic E-state index is 0.0818. The molecule has 0 atom stereocenters. The number of ether oxygens (including phenoxy) is 1. The molecule has 4 aromatic rings. The van der Waals surface area contributed by atoms with Gasteiger partial charge in [-0.05, 0) is 69.7 Å². The summed E-state index contributed by atoms with van der Waals surface area (Å²) in [5.74, 6) is 0.888. The fourth-order valence-electron chi connectivity index (χ4n) is 5.38. The molecule has 1 aliphatic heterocycles. The second kappa shape index (κ2) is 14.5. The highest BCUT2D eigenvalue weighted by Crippen LogP contribution is 2.31. The second-order valence-corrected chi connectivity index (χ2v) is 12.1. The van der Waals surface area contributed by atoms with Crippen molar-refractivity contribution in [2.45, 2.75) is 26.3 Å². The number of halogens is 1. The van der Waals surface area contributed by atoms with Gasteiger partial charge in [0.1, 0.15) is 5.75 Å². The maximum Gasteiger partial charge on any atom is 0.256 e. The number of nitrogens with one attached hydrogen (secondary N) is 1. The molecule has 4 aromatic carbocycles. The van der Waals surface area contributed by atoms with Gasteiger partial charge in [0.2, 0.25) is 0 Å². The van der Waals surface area contributed by atoms with Crippen LogP contribution in [0.4, 0.5) is 5.69 Å². The largest absolute Gasteiger partial charge is 0.492 e. The van der Waals surface area contributed by atoms with Crippen LogP contribution in [0.25, 0.3) is 0 Å². The van der Waals surface area contributed by atoms with Crippen molar-refractivity contribution in [2.75, 3.05) is 38.1 Å². The van der Waals surface area contributed by atoms with Gasteiger partial charge in [-0.3, -0.25) is 14.5 Å². The van der Waals surface area contributed by atoms with Gasteiger partial charge in [0.05, 0.1) is 28.4 Å². The lowest BCUT2D eigenvalue weighted by Crippen LogP contribution is -2.50. The van der Waals surface area contributed by atoms with Crippen LogP contribution in [0.2, 0.25) is 0 Å². The number of hydrogen-bond donors (Lipinski definition) is 1. The monoisotopic (exact) mass is 639 g/mol. The number of amides is 2. The van der Waals surface area contributed by atoms with Gasteiger partial charge in [0, 0.05) is 31.7 Å². The third kappa shape index (κ3) is 7.72. The minimum Gasteiger partial charge on any atom is -0.492 e. The molecule has 222 valence electrons. The number of nitrogens with zero attached hydrogens (tertiary/aromatic N) is 2. The Morgan fingerprint density at radius 3 is 2.02 bits per heavy atom. The number of anilines is 1. The van der Waals surface area contributed by atoms with E-state index in [0.717, 1.165) is 24.0 Å². The van der Waals surface area contributed by atoms with E-state index in [-0.39, 0.29) is 17.9 Å². The molecule has 1 heterocycles. The average molecular weight is 641 g/mol. The molecule has 0 aromatic heterocycles. The molecule has 0 radical (unpaired) electrons. The fraction of sp³-hybridized carbons (Fsp3) is 0.278. The van der Waals surface area contributed by atoms with Crippen molar-refractivity contribution >= 4 is 33.4 Å². The van der Waals surface area contributed by atoms with Crippen molar-refractivity contribution in [1.29, 1.82) is 0 Å². The number of hydrogen-bond acceptors (Lipinski definition) is 4. The van der Waals surface area contributed by atoms with Gasteiger partial charge in [0.15, 0.2) is 0 Å². The number of para-hydroxylation sites is 1. The number of carbonyl (C=O) groups excluding carboxylic acids is 2. The van der Waals surface area contributed by atoms with E-state index in [1.54, 1.807) is 30.3 Å². The Morgan fingerprint density at radius 2 is 1.42 bits per heavy atom. The van der Waals surface area contributed by atoms with Crippen LogP contribution in [0, 0.1) is 5.92 Å². The highest BCUT2D eigenvalue weighted by molar-refractivity contribution is 9.10. The molecular formula is C36H38BrN3O3. The Morgan fingerprint density at radius 1 is 0.814 bits per heavy atom. The first kappa shape index (κ1) is 30.5. The van der Waals surface area contributed by atoms with Gasteiger partial charge in [-0.15, -0.1) is 0 Å². The number of carbonyl (C=O) groups is 2. The van der Waals surface area contributed by atoms with Crippen LogP contribution >= 0.6 is 15.9 Å². The number of piperazine rings is 1. The van der Waals surface area contributed by atoms with Crippen LogP contribution in [0.5, 0.6) is 5.75 Å². The van der Waals surface area contributed by atoms with E-state index >= 15 is 0 Å². The molecule has 1 saturated heterocycles. The van der Waals surface area contributed by atoms with E-state index < -0.39 is 0 Å². The third-order valence-electron chi connectivity index (χ3n) is 7.75. The fourth-order valence-corrected chi connectivity index (χ4v) is 5.87. The lowest BCUT2D eigenvalue weighted by molar-refractivity contribution is 0.0598. The first-order chi connectivity index (χ1) is 20.9. The summed E-state index contributed by atoms with van der Waals surface area (Å²) in [5, 5.41) is 2.96. The molecule has 0 saturated carbocycles. The van der Waals surface area contributed by atoms with Crippen molar-refractivity contribution in [1.82, 2.24) is 9.80 Å². The zero-order chi connectivity index (χ0) is 30.2. The SMILES string of the molecule is CC(C)CCOc1ccc(C(=O)Nc2ccccc2C(=O)N2CCN(C(c3ccccc3)c3ccccc3)CC2)cc1Br. The van der Waals surface area contributed by atoms with Crippen molar-refractivity contribution in [3.63, 3.8) is 0 Å². The van der Waals surface area contributed by atoms with Crippen molar-refractivity contribution in [3.8, 4) is 5.75 Å². The topological polar surface area (TPSA) is 61.9 Å². The van der Waals surface area contributed by atoms with E-state index in [0.29, 0.717) is 48.2 Å². The molecule has 1 fully saturated rings. The van der Waals surface area contributed by atoms with E-state index in [4.69, 9.17) is 4.74 Å². The summed E-state index contributed by atoms with van der Waals surface area (Å²) in [7, 11) is 0. The summed E-state index contributed by atoms with van der Waals surface area (Å²) in [6.07, 6.45) is 0.954. The second-order valence-electron chi connectivity index (χ2n) is 11.2. The number of rotatable bonds is 10. The van der Waals surface area contributed by atoms with E-state index in [2.05, 4.69) is 88.5 Å². The van der Waals surface area contributed by atoms with Crippen LogP contribution in [0.1, 0.15) is 58.2 Å². The van der Waals surface area contributed by atoms with Gasteiger partial charge in [-0.25, -0.2) is 0 Å². The van der Waals surface area contributed by atoms with Crippen LogP contribution < -0.4 is 10.1 Å². The van der Waals surface area contributed by atoms with Gasteiger partial charge in [-0.2, -0.15) is 0 Å². The summed E-state index contributed by atoms with van der Waals surface area (Å²) >= 11 is 3.53. The highest BCUT2D eigenvalue weighted by Gasteiger charge is 2.29. The van der Waals surface area contributed by atoms with Crippen LogP contribution in [-0.2, 0) is 0 Å². The molecule has 0 spiro atoms. The first-order valence-corrected chi connectivity index (χ1v) is 15.7. The van der Waals surface area contributed by atoms with Gasteiger partial charge in [-0.1, -0.05) is 86.6 Å². The quantitative estimate of drug-likeness (QED) is 0.193. The molecule has 1 aliphatic rings. The molecule has 1 N–H and O–H groups in total. The van der Waals surface area contributed by atoms with Crippen molar-refractivity contribution in [3.05, 3.63) is 130 Å². The Balaban J connectivity index is 1.25. The molecule has 0 unspecified atom stereocenters. The number of benzene rings is 4.